The Morgan fingerprint density at radius 1 is 0.817 bits per heavy atom. The number of aromatic nitrogens is 2. The third-order valence-electron chi connectivity index (χ3n) is 15.0. The highest BCUT2D eigenvalue weighted by molar-refractivity contribution is 6.25. The van der Waals surface area contributed by atoms with Crippen LogP contribution in [0.5, 0.6) is 11.5 Å². The second kappa shape index (κ2) is 19.5. The van der Waals surface area contributed by atoms with Crippen molar-refractivity contribution in [3.05, 3.63) is 120 Å². The summed E-state index contributed by atoms with van der Waals surface area (Å²) in [4.78, 5) is 83.0. The molecule has 71 heavy (non-hydrogen) atoms. The van der Waals surface area contributed by atoms with E-state index in [0.717, 1.165) is 43.9 Å². The Hall–Kier alpha value is -7.31. The lowest BCUT2D eigenvalue weighted by Crippen LogP contribution is -2.55. The van der Waals surface area contributed by atoms with E-state index in [-0.39, 0.29) is 23.0 Å². The van der Waals surface area contributed by atoms with Gasteiger partial charge in [-0.3, -0.25) is 43.7 Å². The van der Waals surface area contributed by atoms with Gasteiger partial charge in [0, 0.05) is 92.7 Å². The molecule has 368 valence electrons. The van der Waals surface area contributed by atoms with Crippen LogP contribution in [0.4, 0.5) is 31.7 Å². The Bertz CT molecular complexity index is 2920. The zero-order valence-corrected chi connectivity index (χ0v) is 39.7. The molecule has 1 aliphatic carbocycles. The summed E-state index contributed by atoms with van der Waals surface area (Å²) < 4.78 is 35.5. The van der Waals surface area contributed by atoms with E-state index in [2.05, 4.69) is 66.4 Å². The Kier molecular flexibility index (Phi) is 13.0. The second-order valence-electron chi connectivity index (χ2n) is 19.3. The Morgan fingerprint density at radius 3 is 2.13 bits per heavy atom. The fraction of sp³-hybridized carbons (Fsp3) is 0.377. The van der Waals surface area contributed by atoms with Crippen LogP contribution in [0.3, 0.4) is 0 Å². The van der Waals surface area contributed by atoms with E-state index < -0.39 is 46.8 Å². The van der Waals surface area contributed by atoms with E-state index in [4.69, 9.17) is 4.74 Å². The second-order valence-corrected chi connectivity index (χ2v) is 19.3. The van der Waals surface area contributed by atoms with Gasteiger partial charge in [0.1, 0.15) is 40.4 Å². The van der Waals surface area contributed by atoms with Crippen molar-refractivity contribution in [2.75, 3.05) is 66.7 Å². The van der Waals surface area contributed by atoms with Crippen LogP contribution >= 0.6 is 0 Å². The highest BCUT2D eigenvalue weighted by atomic mass is 19.1. The van der Waals surface area contributed by atoms with Gasteiger partial charge in [0.05, 0.1) is 22.3 Å². The molecule has 0 spiro atoms. The topological polar surface area (TPSA) is 181 Å². The molecule has 1 unspecified atom stereocenters. The van der Waals surface area contributed by atoms with Gasteiger partial charge in [-0.15, -0.1) is 0 Å². The number of halogens is 2. The third kappa shape index (κ3) is 9.53. The van der Waals surface area contributed by atoms with Gasteiger partial charge in [0.15, 0.2) is 0 Å². The van der Waals surface area contributed by atoms with Gasteiger partial charge in [0.2, 0.25) is 17.7 Å². The molecule has 5 aliphatic rings. The summed E-state index contributed by atoms with van der Waals surface area (Å²) in [6.07, 6.45) is 6.61. The summed E-state index contributed by atoms with van der Waals surface area (Å²) in [6, 6.07) is 18.2. The van der Waals surface area contributed by atoms with Crippen molar-refractivity contribution in [1.29, 1.82) is 0 Å². The number of anilines is 4. The molecule has 6 heterocycles. The largest absolute Gasteiger partial charge is 0.457 e. The molecule has 2 aromatic heterocycles. The quantitative estimate of drug-likeness (QED) is 0.0652. The molecular formula is C53H56F2N10O6. The van der Waals surface area contributed by atoms with Crippen molar-refractivity contribution in [3.63, 3.8) is 0 Å². The van der Waals surface area contributed by atoms with Gasteiger partial charge in [-0.2, -0.15) is 0 Å². The molecule has 4 fully saturated rings. The van der Waals surface area contributed by atoms with Crippen molar-refractivity contribution < 1.29 is 37.5 Å². The molecule has 3 atom stereocenters. The lowest BCUT2D eigenvalue weighted by molar-refractivity contribution is -0.131. The summed E-state index contributed by atoms with van der Waals surface area (Å²) in [7, 11) is 0. The molecule has 0 radical (unpaired) electrons. The monoisotopic (exact) mass is 966 g/mol. The minimum Gasteiger partial charge on any atom is -0.457 e. The lowest BCUT2D eigenvalue weighted by Gasteiger charge is -2.45. The molecule has 1 saturated carbocycles. The molecular weight excluding hydrogens is 911 g/mol. The number of nitrogens with zero attached hydrogens (tertiary/aromatic N) is 6. The molecule has 5 amide bonds. The normalized spacial score (nSPS) is 20.3. The number of allylic oxidation sites excluding steroid dienone is 1. The molecule has 18 heteroatoms. The van der Waals surface area contributed by atoms with Gasteiger partial charge < -0.3 is 30.9 Å². The minimum atomic E-state index is -1.20. The van der Waals surface area contributed by atoms with Crippen LogP contribution < -0.4 is 30.9 Å². The Balaban J connectivity index is 0.691. The number of carbonyl (C=O) groups is 5. The molecule has 4 N–H and O–H groups in total. The number of fused-ring (bicyclic) bond motifs is 2. The van der Waals surface area contributed by atoms with E-state index in [9.17, 15) is 28.4 Å². The number of carbonyl (C=O) groups excluding carboxylic acids is 5. The van der Waals surface area contributed by atoms with Crippen molar-refractivity contribution >= 4 is 63.3 Å². The lowest BCUT2D eigenvalue weighted by atomic mass is 9.88. The first-order valence-electron chi connectivity index (χ1n) is 24.3. The summed E-state index contributed by atoms with van der Waals surface area (Å²) in [5.74, 6) is -1.36. The molecule has 3 saturated heterocycles. The molecule has 16 nitrogen and oxygen atoms in total. The number of ether oxygens (including phenoxy) is 1. The van der Waals surface area contributed by atoms with E-state index in [0.29, 0.717) is 108 Å². The van der Waals surface area contributed by atoms with E-state index in [1.807, 2.05) is 0 Å². The zero-order valence-electron chi connectivity index (χ0n) is 39.7. The summed E-state index contributed by atoms with van der Waals surface area (Å²) >= 11 is 0. The number of pyridine rings is 2. The Labute approximate surface area is 409 Å². The summed E-state index contributed by atoms with van der Waals surface area (Å²) in [5, 5.41) is 12.1. The highest BCUT2D eigenvalue weighted by Crippen LogP contribution is 2.48. The first-order valence-corrected chi connectivity index (χ1v) is 24.3. The number of piperidine rings is 2. The molecule has 0 bridgehead atoms. The Morgan fingerprint density at radius 2 is 1.46 bits per heavy atom. The first kappa shape index (κ1) is 47.4. The first-order chi connectivity index (χ1) is 34.3. The molecule has 10 rings (SSSR count). The van der Waals surface area contributed by atoms with Crippen LogP contribution in [0, 0.1) is 23.0 Å². The smallest absolute Gasteiger partial charge is 0.266 e. The van der Waals surface area contributed by atoms with Gasteiger partial charge in [-0.25, -0.2) is 13.8 Å². The number of hydrogen-bond acceptors (Lipinski definition) is 12. The zero-order chi connectivity index (χ0) is 49.6. The van der Waals surface area contributed by atoms with Crippen LogP contribution in [-0.4, -0.2) is 118 Å². The predicted molar refractivity (Wildman–Crippen MR) is 264 cm³/mol. The predicted octanol–water partition coefficient (Wildman–Crippen LogP) is 7.17. The fourth-order valence-electron chi connectivity index (χ4n) is 10.4. The number of piperazine rings is 1. The average molecular weight is 967 g/mol. The number of imide groups is 1. The van der Waals surface area contributed by atoms with E-state index in [1.54, 1.807) is 42.6 Å². The van der Waals surface area contributed by atoms with Crippen LogP contribution in [0.1, 0.15) is 73.1 Å². The van der Waals surface area contributed by atoms with E-state index in [1.165, 1.54) is 42.6 Å². The number of nitrogens with one attached hydrogen (secondary N) is 4. The van der Waals surface area contributed by atoms with Gasteiger partial charge in [-0.05, 0) is 131 Å². The van der Waals surface area contributed by atoms with Gasteiger partial charge in [-0.1, -0.05) is 6.58 Å². The average Bonchev–Trinajstić information content (AvgIpc) is 4.16. The van der Waals surface area contributed by atoms with Crippen LogP contribution in [0.15, 0.2) is 97.5 Å². The minimum absolute atomic E-state index is 0.120. The maximum Gasteiger partial charge on any atom is 0.266 e. The standard InChI is InChI=1S/C53H56F2N10O6/c1-31-4-13-43(48(66)59-31)65-49(67)39-14-20-57-47(46(39)50(65)68)58-30-32(2)62-24-26-63(27-25-62)33(3)34-16-22-64(23-17-34)44-29-42-40(28-41(44)55)45(15-21-56-42)71-38-11-9-37(10-12-38)61-52(70)53(18-19-53)51(69)60-36-7-5-35(54)6-8-36/h5-12,14-15,20-21,28-29,32-34,43H,1,4,13,16-19,22-27,30H2,2-3H3,(H,57,58)(H,59,66)(H,60,69)(H,61,70)/t32-,33+,43?/m1/s1. The number of rotatable bonds is 14. The van der Waals surface area contributed by atoms with Crippen molar-refractivity contribution in [2.45, 2.75) is 70.5 Å². The van der Waals surface area contributed by atoms with Crippen LogP contribution in [-0.2, 0) is 14.4 Å². The summed E-state index contributed by atoms with van der Waals surface area (Å²) in [6.45, 7) is 13.7. The fourth-order valence-corrected chi connectivity index (χ4v) is 10.4. The maximum absolute atomic E-state index is 16.0. The van der Waals surface area contributed by atoms with Crippen molar-refractivity contribution in [1.82, 2.24) is 30.0 Å². The molecule has 4 aliphatic heterocycles. The van der Waals surface area contributed by atoms with Crippen LogP contribution in [0.2, 0.25) is 0 Å². The SMILES string of the molecule is C=C1CCC(N2C(=O)c3ccnc(NC[C@@H](C)N4CCN([C@@H](C)C5CCN(c6cc7nccc(Oc8ccc(NC(=O)C9(C(=O)Nc%10ccc(F)cc%10)CC9)cc8)c7cc6F)CC5)CC4)c3C2=O)C(=O)N1. The maximum atomic E-state index is 16.0. The molecule has 5 aromatic rings. The highest BCUT2D eigenvalue weighted by Gasteiger charge is 2.56. The van der Waals surface area contributed by atoms with Crippen LogP contribution in [0.25, 0.3) is 10.9 Å². The van der Waals surface area contributed by atoms with Crippen molar-refractivity contribution in [2.24, 2.45) is 11.3 Å². The molecule has 3 aromatic carbocycles. The number of amides is 5. The van der Waals surface area contributed by atoms with E-state index >= 15 is 4.39 Å². The number of hydrogen-bond donors (Lipinski definition) is 4. The van der Waals surface area contributed by atoms with Gasteiger partial charge in [0.25, 0.3) is 11.8 Å². The van der Waals surface area contributed by atoms with Gasteiger partial charge >= 0.3 is 0 Å². The number of benzene rings is 3. The van der Waals surface area contributed by atoms with Crippen molar-refractivity contribution in [3.8, 4) is 11.5 Å². The summed E-state index contributed by atoms with van der Waals surface area (Å²) in [5.41, 5.74) is 1.83. The third-order valence-corrected chi connectivity index (χ3v) is 15.0.